The Kier molecular flexibility index (Phi) is 5.87. The van der Waals surface area contributed by atoms with Crippen LogP contribution in [0.25, 0.3) is 17.0 Å². The number of hydrogen-bond donors (Lipinski definition) is 1. The highest BCUT2D eigenvalue weighted by molar-refractivity contribution is 9.10. The first-order valence-corrected chi connectivity index (χ1v) is 12.5. The maximum Gasteiger partial charge on any atom is 0.338 e. The first kappa shape index (κ1) is 22.6. The highest BCUT2D eigenvalue weighted by Gasteiger charge is 2.33. The number of allylic oxidation sites excluding steroid dienone is 1. The molecule has 172 valence electrons. The van der Waals surface area contributed by atoms with E-state index in [2.05, 4.69) is 25.9 Å². The summed E-state index contributed by atoms with van der Waals surface area (Å²) in [7, 11) is 0. The maximum absolute atomic E-state index is 13.8. The predicted octanol–water partition coefficient (Wildman–Crippen LogP) is 4.35. The summed E-state index contributed by atoms with van der Waals surface area (Å²) in [5, 5.41) is 1.05. The SMILES string of the molecule is CCOC(=O)C1=C(C)N=c2s/c(=C\c3c(C)[nH]c4ccccc34)c(=O)n2[C@@H]1c1ccc(Br)cc1. The van der Waals surface area contributed by atoms with Crippen molar-refractivity contribution in [3.05, 3.63) is 101 Å². The van der Waals surface area contributed by atoms with Crippen LogP contribution in [0.4, 0.5) is 0 Å². The monoisotopic (exact) mass is 535 g/mol. The van der Waals surface area contributed by atoms with E-state index in [1.807, 2.05) is 61.5 Å². The standard InChI is InChI=1S/C26H22BrN3O3S/c1-4-33-25(32)22-15(3)29-26-30(23(22)16-9-11-17(27)12-10-16)24(31)21(34-26)13-19-14(2)28-20-8-6-5-7-18(19)20/h5-13,23,28H,4H2,1-3H3/b21-13-/t23-/m1/s1. The lowest BCUT2D eigenvalue weighted by atomic mass is 9.96. The Balaban J connectivity index is 1.76. The smallest absolute Gasteiger partial charge is 0.338 e. The predicted molar refractivity (Wildman–Crippen MR) is 138 cm³/mol. The number of para-hydroxylation sites is 1. The lowest BCUT2D eigenvalue weighted by Gasteiger charge is -2.24. The normalized spacial score (nSPS) is 16.0. The topological polar surface area (TPSA) is 76.4 Å². The molecule has 6 nitrogen and oxygen atoms in total. The third-order valence-corrected chi connectivity index (χ3v) is 7.43. The third-order valence-electron chi connectivity index (χ3n) is 5.92. The number of esters is 1. The summed E-state index contributed by atoms with van der Waals surface area (Å²) < 4.78 is 8.44. The maximum atomic E-state index is 13.8. The molecule has 8 heteroatoms. The molecule has 2 aromatic heterocycles. The van der Waals surface area contributed by atoms with E-state index in [0.29, 0.717) is 20.6 Å². The van der Waals surface area contributed by atoms with Gasteiger partial charge < -0.3 is 9.72 Å². The zero-order chi connectivity index (χ0) is 24.0. The van der Waals surface area contributed by atoms with Gasteiger partial charge in [-0.3, -0.25) is 9.36 Å². The van der Waals surface area contributed by atoms with Crippen molar-refractivity contribution in [1.82, 2.24) is 9.55 Å². The molecule has 5 rings (SSSR count). The summed E-state index contributed by atoms with van der Waals surface area (Å²) in [4.78, 5) is 35.3. The van der Waals surface area contributed by atoms with Crippen molar-refractivity contribution in [1.29, 1.82) is 0 Å². The van der Waals surface area contributed by atoms with Crippen molar-refractivity contribution in [2.75, 3.05) is 6.61 Å². The van der Waals surface area contributed by atoms with Crippen LogP contribution in [0.15, 0.2) is 74.1 Å². The van der Waals surface area contributed by atoms with Crippen LogP contribution >= 0.6 is 27.3 Å². The number of aromatic nitrogens is 2. The number of thiazole rings is 1. The second-order valence-electron chi connectivity index (χ2n) is 8.06. The van der Waals surface area contributed by atoms with E-state index in [-0.39, 0.29) is 12.2 Å². The molecule has 1 N–H and O–H groups in total. The summed E-state index contributed by atoms with van der Waals surface area (Å²) in [6, 6.07) is 15.0. The van der Waals surface area contributed by atoms with E-state index < -0.39 is 12.0 Å². The zero-order valence-corrected chi connectivity index (χ0v) is 21.3. The van der Waals surface area contributed by atoms with Crippen LogP contribution in [0, 0.1) is 6.92 Å². The molecule has 2 aromatic carbocycles. The number of fused-ring (bicyclic) bond motifs is 2. The fraction of sp³-hybridized carbons (Fsp3) is 0.192. The van der Waals surface area contributed by atoms with Crippen molar-refractivity contribution in [2.24, 2.45) is 4.99 Å². The van der Waals surface area contributed by atoms with E-state index in [9.17, 15) is 9.59 Å². The molecule has 1 atom stereocenters. The highest BCUT2D eigenvalue weighted by atomic mass is 79.9. The van der Waals surface area contributed by atoms with Gasteiger partial charge in [0.25, 0.3) is 5.56 Å². The molecule has 0 saturated carbocycles. The molecule has 0 fully saturated rings. The van der Waals surface area contributed by atoms with E-state index in [0.717, 1.165) is 32.2 Å². The Hall–Kier alpha value is -3.23. The summed E-state index contributed by atoms with van der Waals surface area (Å²) in [5.74, 6) is -0.460. The number of carbonyl (C=O) groups is 1. The molecule has 1 aliphatic rings. The number of halogens is 1. The van der Waals surface area contributed by atoms with Gasteiger partial charge in [0.15, 0.2) is 4.80 Å². The lowest BCUT2D eigenvalue weighted by molar-refractivity contribution is -0.139. The zero-order valence-electron chi connectivity index (χ0n) is 18.9. The number of benzene rings is 2. The van der Waals surface area contributed by atoms with Gasteiger partial charge in [0.05, 0.1) is 28.5 Å². The summed E-state index contributed by atoms with van der Waals surface area (Å²) in [5.41, 5.74) is 4.55. The molecule has 0 unspecified atom stereocenters. The van der Waals surface area contributed by atoms with Gasteiger partial charge in [-0.05, 0) is 50.6 Å². The minimum Gasteiger partial charge on any atom is -0.463 e. The number of H-pyrrole nitrogens is 1. The van der Waals surface area contributed by atoms with E-state index in [1.54, 1.807) is 18.4 Å². The number of carbonyl (C=O) groups excluding carboxylic acids is 1. The Morgan fingerprint density at radius 1 is 1.21 bits per heavy atom. The van der Waals surface area contributed by atoms with Crippen molar-refractivity contribution in [2.45, 2.75) is 26.8 Å². The Morgan fingerprint density at radius 3 is 2.68 bits per heavy atom. The molecule has 1 aliphatic heterocycles. The summed E-state index contributed by atoms with van der Waals surface area (Å²) in [6.45, 7) is 5.80. The average Bonchev–Trinajstić information content (AvgIpc) is 3.29. The first-order chi connectivity index (χ1) is 16.4. The van der Waals surface area contributed by atoms with Crippen molar-refractivity contribution >= 4 is 50.2 Å². The number of nitrogens with one attached hydrogen (secondary N) is 1. The summed E-state index contributed by atoms with van der Waals surface area (Å²) >= 11 is 4.79. The van der Waals surface area contributed by atoms with Gasteiger partial charge in [0.1, 0.15) is 0 Å². The van der Waals surface area contributed by atoms with Crippen molar-refractivity contribution in [3.8, 4) is 0 Å². The molecular formula is C26H22BrN3O3S. The lowest BCUT2D eigenvalue weighted by Crippen LogP contribution is -2.39. The van der Waals surface area contributed by atoms with Gasteiger partial charge >= 0.3 is 5.97 Å². The van der Waals surface area contributed by atoms with Gasteiger partial charge in [-0.15, -0.1) is 0 Å². The molecule has 0 bridgehead atoms. The van der Waals surface area contributed by atoms with E-state index >= 15 is 0 Å². The van der Waals surface area contributed by atoms with Crippen LogP contribution in [0.2, 0.25) is 0 Å². The van der Waals surface area contributed by atoms with Gasteiger partial charge in [-0.2, -0.15) is 0 Å². The average molecular weight is 536 g/mol. The largest absolute Gasteiger partial charge is 0.463 e. The number of aryl methyl sites for hydroxylation is 1. The minimum absolute atomic E-state index is 0.185. The second-order valence-corrected chi connectivity index (χ2v) is 9.99. The first-order valence-electron chi connectivity index (χ1n) is 10.9. The molecule has 0 saturated heterocycles. The van der Waals surface area contributed by atoms with Gasteiger partial charge in [-0.1, -0.05) is 57.6 Å². The van der Waals surface area contributed by atoms with Crippen molar-refractivity contribution < 1.29 is 9.53 Å². The third kappa shape index (κ3) is 3.76. The van der Waals surface area contributed by atoms with Crippen LogP contribution in [-0.2, 0) is 9.53 Å². The number of nitrogens with zero attached hydrogens (tertiary/aromatic N) is 2. The van der Waals surface area contributed by atoms with Gasteiger partial charge in [0.2, 0.25) is 0 Å². The Labute approximate surface area is 208 Å². The number of aromatic amines is 1. The van der Waals surface area contributed by atoms with Gasteiger partial charge in [-0.25, -0.2) is 9.79 Å². The fourth-order valence-electron chi connectivity index (χ4n) is 4.37. The number of hydrogen-bond acceptors (Lipinski definition) is 5. The second kappa shape index (κ2) is 8.85. The van der Waals surface area contributed by atoms with E-state index in [1.165, 1.54) is 11.3 Å². The van der Waals surface area contributed by atoms with Crippen molar-refractivity contribution in [3.63, 3.8) is 0 Å². The fourth-order valence-corrected chi connectivity index (χ4v) is 5.66. The number of ether oxygens (including phenoxy) is 1. The molecular weight excluding hydrogens is 514 g/mol. The van der Waals surface area contributed by atoms with Crippen LogP contribution in [-0.4, -0.2) is 22.1 Å². The quantitative estimate of drug-likeness (QED) is 0.394. The molecule has 0 radical (unpaired) electrons. The Morgan fingerprint density at radius 2 is 1.94 bits per heavy atom. The number of rotatable bonds is 4. The molecule has 34 heavy (non-hydrogen) atoms. The molecule has 0 spiro atoms. The van der Waals surface area contributed by atoms with Crippen LogP contribution in [0.3, 0.4) is 0 Å². The molecule has 0 amide bonds. The van der Waals surface area contributed by atoms with E-state index in [4.69, 9.17) is 4.74 Å². The minimum atomic E-state index is -0.616. The molecule has 0 aliphatic carbocycles. The molecule has 3 heterocycles. The Bertz CT molecular complexity index is 1640. The highest BCUT2D eigenvalue weighted by Crippen LogP contribution is 2.31. The van der Waals surface area contributed by atoms with Crippen LogP contribution in [0.5, 0.6) is 0 Å². The van der Waals surface area contributed by atoms with Crippen LogP contribution < -0.4 is 14.9 Å². The summed E-state index contributed by atoms with van der Waals surface area (Å²) in [6.07, 6.45) is 1.92. The molecule has 4 aromatic rings. The van der Waals surface area contributed by atoms with Gasteiger partial charge in [0, 0.05) is 26.6 Å². The van der Waals surface area contributed by atoms with Crippen LogP contribution in [0.1, 0.15) is 36.7 Å².